The summed E-state index contributed by atoms with van der Waals surface area (Å²) in [6.07, 6.45) is 0.865. The fourth-order valence-corrected chi connectivity index (χ4v) is 3.91. The monoisotopic (exact) mass is 472 g/mol. The summed E-state index contributed by atoms with van der Waals surface area (Å²) in [5, 5.41) is 12.5. The van der Waals surface area contributed by atoms with Crippen molar-refractivity contribution in [2.24, 2.45) is 0 Å². The first kappa shape index (κ1) is 21.6. The van der Waals surface area contributed by atoms with E-state index >= 15 is 0 Å². The summed E-state index contributed by atoms with van der Waals surface area (Å²) in [7, 11) is 0. The first-order valence-electron chi connectivity index (χ1n) is 9.49. The molecule has 0 aliphatic carbocycles. The van der Waals surface area contributed by atoms with Gasteiger partial charge < -0.3 is 9.88 Å². The van der Waals surface area contributed by atoms with E-state index in [2.05, 4.69) is 48.1 Å². The second kappa shape index (κ2) is 9.59. The van der Waals surface area contributed by atoms with E-state index in [0.717, 1.165) is 34.0 Å². The third-order valence-corrected chi connectivity index (χ3v) is 5.63. The topological polar surface area (TPSA) is 59.8 Å². The van der Waals surface area contributed by atoms with Gasteiger partial charge in [0, 0.05) is 22.1 Å². The molecule has 3 rings (SSSR count). The Morgan fingerprint density at radius 2 is 1.76 bits per heavy atom. The van der Waals surface area contributed by atoms with E-state index in [9.17, 15) is 4.79 Å². The van der Waals surface area contributed by atoms with Crippen molar-refractivity contribution < 1.29 is 4.79 Å². The predicted molar refractivity (Wildman–Crippen MR) is 122 cm³/mol. The molecule has 1 aromatic heterocycles. The third kappa shape index (κ3) is 6.44. The van der Waals surface area contributed by atoms with Gasteiger partial charge in [-0.25, -0.2) is 0 Å². The van der Waals surface area contributed by atoms with Crippen molar-refractivity contribution in [2.45, 2.75) is 44.4 Å². The molecule has 0 aliphatic rings. The van der Waals surface area contributed by atoms with Gasteiger partial charge in [0.2, 0.25) is 5.91 Å². The predicted octanol–water partition coefficient (Wildman–Crippen LogP) is 4.96. The second-order valence-electron chi connectivity index (χ2n) is 7.79. The zero-order chi connectivity index (χ0) is 20.9. The van der Waals surface area contributed by atoms with Gasteiger partial charge in [0.15, 0.2) is 11.0 Å². The van der Waals surface area contributed by atoms with Gasteiger partial charge in [-0.1, -0.05) is 70.2 Å². The highest BCUT2D eigenvalue weighted by Crippen LogP contribution is 2.26. The molecule has 29 heavy (non-hydrogen) atoms. The standard InChI is InChI=1S/C22H25BrN4OS/c1-22(2,3)24-19(28)15-29-21-26-25-20(17-9-11-18(23)12-10-17)27(21)14-13-16-7-5-4-6-8-16/h4-12H,13-15H2,1-3H3,(H,24,28). The highest BCUT2D eigenvalue weighted by Gasteiger charge is 2.18. The van der Waals surface area contributed by atoms with E-state index in [-0.39, 0.29) is 11.4 Å². The average molecular weight is 473 g/mol. The van der Waals surface area contributed by atoms with E-state index in [4.69, 9.17) is 0 Å². The Bertz CT molecular complexity index is 949. The summed E-state index contributed by atoms with van der Waals surface area (Å²) in [5.74, 6) is 1.11. The molecule has 2 aromatic carbocycles. The summed E-state index contributed by atoms with van der Waals surface area (Å²) in [4.78, 5) is 12.2. The minimum Gasteiger partial charge on any atom is -0.351 e. The lowest BCUT2D eigenvalue weighted by atomic mass is 10.1. The van der Waals surface area contributed by atoms with Gasteiger partial charge >= 0.3 is 0 Å². The minimum absolute atomic E-state index is 0.00898. The van der Waals surface area contributed by atoms with E-state index in [0.29, 0.717) is 5.75 Å². The van der Waals surface area contributed by atoms with Crippen LogP contribution in [-0.4, -0.2) is 32.0 Å². The largest absolute Gasteiger partial charge is 0.351 e. The summed E-state index contributed by atoms with van der Waals surface area (Å²) in [5.41, 5.74) is 2.01. The van der Waals surface area contributed by atoms with Gasteiger partial charge in [-0.05, 0) is 44.9 Å². The molecule has 1 heterocycles. The molecule has 0 spiro atoms. The minimum atomic E-state index is -0.249. The van der Waals surface area contributed by atoms with Crippen LogP contribution in [0.15, 0.2) is 64.2 Å². The number of hydrogen-bond donors (Lipinski definition) is 1. The van der Waals surface area contributed by atoms with Crippen LogP contribution in [0.25, 0.3) is 11.4 Å². The lowest BCUT2D eigenvalue weighted by Gasteiger charge is -2.20. The molecule has 7 heteroatoms. The maximum atomic E-state index is 12.2. The SMILES string of the molecule is CC(C)(C)NC(=O)CSc1nnc(-c2ccc(Br)cc2)n1CCc1ccccc1. The number of nitrogens with zero attached hydrogens (tertiary/aromatic N) is 3. The molecule has 1 amide bonds. The summed E-state index contributed by atoms with van der Waals surface area (Å²) >= 11 is 4.89. The Kier molecular flexibility index (Phi) is 7.14. The zero-order valence-corrected chi connectivity index (χ0v) is 19.3. The normalized spacial score (nSPS) is 11.4. The summed E-state index contributed by atoms with van der Waals surface area (Å²) < 4.78 is 3.12. The Hall–Kier alpha value is -2.12. The number of rotatable bonds is 7. The lowest BCUT2D eigenvalue weighted by molar-refractivity contribution is -0.119. The number of aryl methyl sites for hydroxylation is 1. The first-order chi connectivity index (χ1) is 13.8. The van der Waals surface area contributed by atoms with Crippen molar-refractivity contribution in [3.63, 3.8) is 0 Å². The highest BCUT2D eigenvalue weighted by atomic mass is 79.9. The number of nitrogens with one attached hydrogen (secondary N) is 1. The number of amides is 1. The second-order valence-corrected chi connectivity index (χ2v) is 9.65. The molecule has 0 bridgehead atoms. The van der Waals surface area contributed by atoms with Crippen molar-refractivity contribution in [2.75, 3.05) is 5.75 Å². The summed E-state index contributed by atoms with van der Waals surface area (Å²) in [6, 6.07) is 18.4. The smallest absolute Gasteiger partial charge is 0.230 e. The average Bonchev–Trinajstić information content (AvgIpc) is 3.07. The quantitative estimate of drug-likeness (QED) is 0.493. The number of carbonyl (C=O) groups excluding carboxylic acids is 1. The third-order valence-electron chi connectivity index (χ3n) is 4.13. The van der Waals surface area contributed by atoms with Crippen molar-refractivity contribution >= 4 is 33.6 Å². The van der Waals surface area contributed by atoms with Gasteiger partial charge in [-0.3, -0.25) is 4.79 Å². The van der Waals surface area contributed by atoms with E-state index in [1.54, 1.807) is 0 Å². The zero-order valence-electron chi connectivity index (χ0n) is 16.9. The number of hydrogen-bond acceptors (Lipinski definition) is 4. The van der Waals surface area contributed by atoms with E-state index in [1.165, 1.54) is 17.3 Å². The van der Waals surface area contributed by atoms with Crippen LogP contribution in [0.2, 0.25) is 0 Å². The summed E-state index contributed by atoms with van der Waals surface area (Å²) in [6.45, 7) is 6.67. The van der Waals surface area contributed by atoms with Crippen LogP contribution in [0, 0.1) is 0 Å². The van der Waals surface area contributed by atoms with Crippen LogP contribution < -0.4 is 5.32 Å². The van der Waals surface area contributed by atoms with Crippen molar-refractivity contribution in [3.8, 4) is 11.4 Å². The molecule has 1 N–H and O–H groups in total. The molecule has 0 radical (unpaired) electrons. The van der Waals surface area contributed by atoms with Crippen LogP contribution >= 0.6 is 27.7 Å². The molecule has 0 saturated carbocycles. The maximum Gasteiger partial charge on any atom is 0.230 e. The number of thioether (sulfide) groups is 1. The molecule has 5 nitrogen and oxygen atoms in total. The molecular weight excluding hydrogens is 448 g/mol. The molecule has 0 atom stereocenters. The molecule has 0 fully saturated rings. The molecule has 0 saturated heterocycles. The Labute approximate surface area is 184 Å². The van der Waals surface area contributed by atoms with Gasteiger partial charge in [0.25, 0.3) is 0 Å². The first-order valence-corrected chi connectivity index (χ1v) is 11.3. The van der Waals surface area contributed by atoms with Gasteiger partial charge in [-0.15, -0.1) is 10.2 Å². The van der Waals surface area contributed by atoms with Crippen LogP contribution in [-0.2, 0) is 17.8 Å². The highest BCUT2D eigenvalue weighted by molar-refractivity contribution is 9.10. The van der Waals surface area contributed by atoms with Gasteiger partial charge in [0.05, 0.1) is 5.75 Å². The fraction of sp³-hybridized carbons (Fsp3) is 0.318. The number of benzene rings is 2. The van der Waals surface area contributed by atoms with Crippen molar-refractivity contribution in [3.05, 3.63) is 64.6 Å². The van der Waals surface area contributed by atoms with Crippen molar-refractivity contribution in [1.82, 2.24) is 20.1 Å². The fourth-order valence-electron chi connectivity index (χ4n) is 2.88. The van der Waals surface area contributed by atoms with Gasteiger partial charge in [0.1, 0.15) is 0 Å². The Morgan fingerprint density at radius 3 is 2.41 bits per heavy atom. The van der Waals surface area contributed by atoms with Crippen LogP contribution in [0.4, 0.5) is 0 Å². The Balaban J connectivity index is 1.81. The Morgan fingerprint density at radius 1 is 1.07 bits per heavy atom. The molecule has 3 aromatic rings. The molecule has 152 valence electrons. The number of aromatic nitrogens is 3. The van der Waals surface area contributed by atoms with Crippen LogP contribution in [0.1, 0.15) is 26.3 Å². The molecular formula is C22H25BrN4OS. The van der Waals surface area contributed by atoms with Crippen LogP contribution in [0.5, 0.6) is 0 Å². The van der Waals surface area contributed by atoms with Gasteiger partial charge in [-0.2, -0.15) is 0 Å². The van der Waals surface area contributed by atoms with Crippen molar-refractivity contribution in [1.29, 1.82) is 0 Å². The number of halogens is 1. The maximum absolute atomic E-state index is 12.2. The van der Waals surface area contributed by atoms with Crippen LogP contribution in [0.3, 0.4) is 0 Å². The molecule has 0 aliphatic heterocycles. The van der Waals surface area contributed by atoms with E-state index in [1.807, 2.05) is 63.2 Å². The van der Waals surface area contributed by atoms with E-state index < -0.39 is 0 Å². The molecule has 0 unspecified atom stereocenters. The number of carbonyl (C=O) groups is 1. The lowest BCUT2D eigenvalue weighted by Crippen LogP contribution is -2.41.